The van der Waals surface area contributed by atoms with Crippen molar-refractivity contribution in [3.05, 3.63) is 29.8 Å². The number of benzene rings is 1. The minimum absolute atomic E-state index is 0.0339. The second kappa shape index (κ2) is 7.79. The van der Waals surface area contributed by atoms with Crippen molar-refractivity contribution in [1.82, 2.24) is 4.90 Å². The summed E-state index contributed by atoms with van der Waals surface area (Å²) in [4.78, 5) is 13.8. The zero-order valence-corrected chi connectivity index (χ0v) is 13.7. The first-order valence-electron chi connectivity index (χ1n) is 8.48. The predicted octanol–water partition coefficient (Wildman–Crippen LogP) is 2.03. The summed E-state index contributed by atoms with van der Waals surface area (Å²) < 4.78 is 16.9. The third-order valence-electron chi connectivity index (χ3n) is 4.40. The number of hydrogen-bond donors (Lipinski definition) is 0. The molecule has 1 aromatic rings. The number of carbonyl (C=O) groups excluding carboxylic acids is 1. The normalized spacial score (nSPS) is 21.3. The lowest BCUT2D eigenvalue weighted by Crippen LogP contribution is -2.57. The number of hydrogen-bond acceptors (Lipinski definition) is 4. The van der Waals surface area contributed by atoms with Gasteiger partial charge in [0.1, 0.15) is 18.5 Å². The molecule has 0 saturated carbocycles. The standard InChI is InChI=1S/C18H25NO4/c1-2-14-6-3-4-8-17(14)23-16-10-19(11-16)18(20)13-21-12-15-7-5-9-22-15/h3-4,6,8,15-16H,2,5,7,9-13H2,1H3/t15-/m1/s1. The van der Waals surface area contributed by atoms with Crippen LogP contribution in [0.5, 0.6) is 5.75 Å². The Labute approximate surface area is 137 Å². The summed E-state index contributed by atoms with van der Waals surface area (Å²) in [6.45, 7) is 4.86. The molecule has 3 rings (SSSR count). The second-order valence-corrected chi connectivity index (χ2v) is 6.15. The molecule has 0 spiro atoms. The molecule has 0 N–H and O–H groups in total. The molecule has 2 fully saturated rings. The average molecular weight is 319 g/mol. The van der Waals surface area contributed by atoms with Crippen LogP contribution < -0.4 is 4.74 Å². The fourth-order valence-electron chi connectivity index (χ4n) is 2.95. The Bertz CT molecular complexity index is 522. The van der Waals surface area contributed by atoms with E-state index in [1.165, 1.54) is 5.56 Å². The van der Waals surface area contributed by atoms with E-state index in [9.17, 15) is 4.79 Å². The van der Waals surface area contributed by atoms with E-state index in [4.69, 9.17) is 14.2 Å². The van der Waals surface area contributed by atoms with Crippen LogP contribution in [-0.2, 0) is 20.7 Å². The smallest absolute Gasteiger partial charge is 0.248 e. The number of rotatable bonds is 7. The first-order chi connectivity index (χ1) is 11.3. The minimum Gasteiger partial charge on any atom is -0.486 e. The van der Waals surface area contributed by atoms with E-state index >= 15 is 0 Å². The molecular weight excluding hydrogens is 294 g/mol. The van der Waals surface area contributed by atoms with Crippen LogP contribution in [0.2, 0.25) is 0 Å². The van der Waals surface area contributed by atoms with Crippen molar-refractivity contribution < 1.29 is 19.0 Å². The molecule has 0 aliphatic carbocycles. The SMILES string of the molecule is CCc1ccccc1OC1CN(C(=O)COC[C@H]2CCCO2)C1. The Morgan fingerprint density at radius 1 is 1.35 bits per heavy atom. The van der Waals surface area contributed by atoms with E-state index in [2.05, 4.69) is 13.0 Å². The lowest BCUT2D eigenvalue weighted by Gasteiger charge is -2.39. The molecule has 2 aliphatic rings. The van der Waals surface area contributed by atoms with Gasteiger partial charge >= 0.3 is 0 Å². The Morgan fingerprint density at radius 3 is 2.91 bits per heavy atom. The van der Waals surface area contributed by atoms with E-state index in [0.29, 0.717) is 19.7 Å². The van der Waals surface area contributed by atoms with E-state index in [0.717, 1.165) is 31.6 Å². The monoisotopic (exact) mass is 319 g/mol. The molecule has 126 valence electrons. The van der Waals surface area contributed by atoms with Crippen molar-refractivity contribution in [3.8, 4) is 5.75 Å². The summed E-state index contributed by atoms with van der Waals surface area (Å²) in [7, 11) is 0. The first-order valence-corrected chi connectivity index (χ1v) is 8.48. The van der Waals surface area contributed by atoms with Gasteiger partial charge in [0.2, 0.25) is 5.91 Å². The summed E-state index contributed by atoms with van der Waals surface area (Å²) in [6, 6.07) is 8.08. The van der Waals surface area contributed by atoms with E-state index in [1.54, 1.807) is 4.90 Å². The summed E-state index contributed by atoms with van der Waals surface area (Å²) in [5.41, 5.74) is 1.21. The van der Waals surface area contributed by atoms with Crippen molar-refractivity contribution in [2.45, 2.75) is 38.4 Å². The molecule has 0 radical (unpaired) electrons. The van der Waals surface area contributed by atoms with Crippen LogP contribution in [0.15, 0.2) is 24.3 Å². The van der Waals surface area contributed by atoms with Gasteiger partial charge in [-0.05, 0) is 30.9 Å². The van der Waals surface area contributed by atoms with Gasteiger partial charge in [-0.25, -0.2) is 0 Å². The molecule has 2 heterocycles. The van der Waals surface area contributed by atoms with Crippen LogP contribution in [0.3, 0.4) is 0 Å². The Hall–Kier alpha value is -1.59. The van der Waals surface area contributed by atoms with E-state index in [1.807, 2.05) is 18.2 Å². The number of ether oxygens (including phenoxy) is 3. The third-order valence-corrected chi connectivity index (χ3v) is 4.40. The Morgan fingerprint density at radius 2 is 2.17 bits per heavy atom. The van der Waals surface area contributed by atoms with Crippen molar-refractivity contribution >= 4 is 5.91 Å². The van der Waals surface area contributed by atoms with Gasteiger partial charge < -0.3 is 19.1 Å². The fraction of sp³-hybridized carbons (Fsp3) is 0.611. The van der Waals surface area contributed by atoms with Crippen molar-refractivity contribution in [1.29, 1.82) is 0 Å². The van der Waals surface area contributed by atoms with Gasteiger partial charge in [0.25, 0.3) is 0 Å². The molecule has 5 nitrogen and oxygen atoms in total. The highest BCUT2D eigenvalue weighted by Gasteiger charge is 2.32. The first kappa shape index (κ1) is 16.3. The summed E-state index contributed by atoms with van der Waals surface area (Å²) in [5.74, 6) is 0.966. The van der Waals surface area contributed by atoms with Gasteiger partial charge in [-0.3, -0.25) is 4.79 Å². The number of aryl methyl sites for hydroxylation is 1. The highest BCUT2D eigenvalue weighted by molar-refractivity contribution is 5.78. The second-order valence-electron chi connectivity index (χ2n) is 6.15. The number of amides is 1. The number of para-hydroxylation sites is 1. The topological polar surface area (TPSA) is 48.0 Å². The fourth-order valence-corrected chi connectivity index (χ4v) is 2.95. The van der Waals surface area contributed by atoms with Gasteiger partial charge in [0.05, 0.1) is 25.8 Å². The lowest BCUT2D eigenvalue weighted by atomic mass is 10.1. The molecule has 2 saturated heterocycles. The quantitative estimate of drug-likeness (QED) is 0.771. The summed E-state index contributed by atoms with van der Waals surface area (Å²) >= 11 is 0. The maximum Gasteiger partial charge on any atom is 0.248 e. The van der Waals surface area contributed by atoms with Crippen LogP contribution in [0.1, 0.15) is 25.3 Å². The maximum atomic E-state index is 12.0. The minimum atomic E-state index is 0.0339. The molecule has 0 aromatic heterocycles. The van der Waals surface area contributed by atoms with Gasteiger partial charge in [-0.15, -0.1) is 0 Å². The van der Waals surface area contributed by atoms with Crippen LogP contribution in [0.25, 0.3) is 0 Å². The predicted molar refractivity (Wildman–Crippen MR) is 86.6 cm³/mol. The largest absolute Gasteiger partial charge is 0.486 e. The average Bonchev–Trinajstić information content (AvgIpc) is 3.04. The molecule has 1 aromatic carbocycles. The highest BCUT2D eigenvalue weighted by Crippen LogP contribution is 2.23. The zero-order valence-electron chi connectivity index (χ0n) is 13.7. The van der Waals surface area contributed by atoms with Crippen LogP contribution in [0, 0.1) is 0 Å². The molecule has 2 aliphatic heterocycles. The molecule has 0 unspecified atom stereocenters. The lowest BCUT2D eigenvalue weighted by molar-refractivity contribution is -0.146. The van der Waals surface area contributed by atoms with Gasteiger partial charge in [0.15, 0.2) is 0 Å². The number of nitrogens with zero attached hydrogens (tertiary/aromatic N) is 1. The van der Waals surface area contributed by atoms with Gasteiger partial charge in [-0.2, -0.15) is 0 Å². The molecule has 23 heavy (non-hydrogen) atoms. The van der Waals surface area contributed by atoms with Gasteiger partial charge in [0, 0.05) is 6.61 Å². The van der Waals surface area contributed by atoms with Crippen LogP contribution in [-0.4, -0.2) is 55.9 Å². The highest BCUT2D eigenvalue weighted by atomic mass is 16.5. The van der Waals surface area contributed by atoms with Crippen LogP contribution in [0.4, 0.5) is 0 Å². The van der Waals surface area contributed by atoms with Crippen molar-refractivity contribution in [2.24, 2.45) is 0 Å². The van der Waals surface area contributed by atoms with Crippen LogP contribution >= 0.6 is 0 Å². The van der Waals surface area contributed by atoms with Crippen molar-refractivity contribution in [2.75, 3.05) is 32.9 Å². The summed E-state index contributed by atoms with van der Waals surface area (Å²) in [5, 5.41) is 0. The summed E-state index contributed by atoms with van der Waals surface area (Å²) in [6.07, 6.45) is 3.32. The Kier molecular flexibility index (Phi) is 5.51. The molecule has 1 atom stereocenters. The maximum absolute atomic E-state index is 12.0. The number of carbonyl (C=O) groups is 1. The van der Waals surface area contributed by atoms with E-state index < -0.39 is 0 Å². The zero-order chi connectivity index (χ0) is 16.1. The molecule has 0 bridgehead atoms. The van der Waals surface area contributed by atoms with Gasteiger partial charge in [-0.1, -0.05) is 25.1 Å². The molecular formula is C18H25NO4. The third kappa shape index (κ3) is 4.24. The molecule has 5 heteroatoms. The molecule has 1 amide bonds. The van der Waals surface area contributed by atoms with E-state index in [-0.39, 0.29) is 24.7 Å². The van der Waals surface area contributed by atoms with Crippen molar-refractivity contribution in [3.63, 3.8) is 0 Å². The number of likely N-dealkylation sites (tertiary alicyclic amines) is 1. The Balaban J connectivity index is 1.36.